The highest BCUT2D eigenvalue weighted by Gasteiger charge is 2.55. The smallest absolute Gasteiger partial charge is 0.171 e. The van der Waals surface area contributed by atoms with Gasteiger partial charge in [0.15, 0.2) is 0 Å². The third-order valence-electron chi connectivity index (χ3n) is 2.61. The largest absolute Gasteiger partial charge is 0.392 e. The van der Waals surface area contributed by atoms with Crippen LogP contribution in [0.3, 0.4) is 0 Å². The molecule has 1 fully saturated rings. The maximum Gasteiger partial charge on any atom is 0.392 e. The van der Waals surface area contributed by atoms with Gasteiger partial charge in [-0.3, -0.25) is 0 Å². The molecule has 0 nitrogen and oxygen atoms in total. The first-order valence-electron chi connectivity index (χ1n) is 4.36. The lowest BCUT2D eigenvalue weighted by molar-refractivity contribution is -0.262. The summed E-state index contributed by atoms with van der Waals surface area (Å²) in [5.41, 5.74) is 0. The van der Waals surface area contributed by atoms with Crippen molar-refractivity contribution in [3.63, 3.8) is 0 Å². The molecule has 84 valence electrons. The van der Waals surface area contributed by atoms with Crippen molar-refractivity contribution in [1.29, 1.82) is 0 Å². The van der Waals surface area contributed by atoms with E-state index < -0.39 is 37.0 Å². The van der Waals surface area contributed by atoms with Crippen molar-refractivity contribution in [2.75, 3.05) is 0 Å². The molecule has 2 atom stereocenters. The summed E-state index contributed by atoms with van der Waals surface area (Å²) in [6.45, 7) is 0. The minimum atomic E-state index is -4.72. The Morgan fingerprint density at radius 3 is 1.14 bits per heavy atom. The van der Waals surface area contributed by atoms with Crippen LogP contribution >= 0.6 is 0 Å². The predicted molar refractivity (Wildman–Crippen MR) is 37.6 cm³/mol. The van der Waals surface area contributed by atoms with Crippen molar-refractivity contribution >= 4 is 0 Å². The molecule has 0 aromatic rings. The second-order valence-electron chi connectivity index (χ2n) is 3.58. The molecule has 1 rings (SSSR count). The maximum absolute atomic E-state index is 12.2. The molecule has 0 heterocycles. The van der Waals surface area contributed by atoms with E-state index in [1.54, 1.807) is 0 Å². The molecule has 0 spiro atoms. The van der Waals surface area contributed by atoms with Gasteiger partial charge in [-0.05, 0) is 12.8 Å². The van der Waals surface area contributed by atoms with E-state index in [0.717, 1.165) is 0 Å². The van der Waals surface area contributed by atoms with Gasteiger partial charge in [0.05, 0.1) is 11.8 Å². The van der Waals surface area contributed by atoms with Crippen LogP contribution in [0.1, 0.15) is 25.7 Å². The zero-order valence-electron chi connectivity index (χ0n) is 7.25. The van der Waals surface area contributed by atoms with E-state index in [9.17, 15) is 26.3 Å². The lowest BCUT2D eigenvalue weighted by Gasteiger charge is -2.34. The molecule has 1 aliphatic rings. The highest BCUT2D eigenvalue weighted by molar-refractivity contribution is 4.84. The van der Waals surface area contributed by atoms with E-state index in [1.807, 2.05) is 0 Å². The third-order valence-corrected chi connectivity index (χ3v) is 2.61. The van der Waals surface area contributed by atoms with Gasteiger partial charge in [-0.2, -0.15) is 26.3 Å². The van der Waals surface area contributed by atoms with Gasteiger partial charge in [-0.1, -0.05) is 12.8 Å². The number of hydrogen-bond acceptors (Lipinski definition) is 0. The fraction of sp³-hybridized carbons (Fsp3) is 1.00. The van der Waals surface area contributed by atoms with Crippen LogP contribution in [0.15, 0.2) is 0 Å². The molecule has 1 aliphatic carbocycles. The SMILES string of the molecule is FC(F)(F)[C@@H]1CCCC[C@H]1C(F)(F)F. The Hall–Kier alpha value is -0.420. The van der Waals surface area contributed by atoms with Crippen molar-refractivity contribution in [2.45, 2.75) is 38.0 Å². The van der Waals surface area contributed by atoms with Crippen molar-refractivity contribution in [3.05, 3.63) is 0 Å². The second-order valence-corrected chi connectivity index (χ2v) is 3.58. The Bertz CT molecular complexity index is 169. The summed E-state index contributed by atoms with van der Waals surface area (Å²) in [5, 5.41) is 0. The van der Waals surface area contributed by atoms with Crippen molar-refractivity contribution in [2.24, 2.45) is 11.8 Å². The summed E-state index contributed by atoms with van der Waals surface area (Å²) in [6, 6.07) is 0. The molecular weight excluding hydrogens is 210 g/mol. The van der Waals surface area contributed by atoms with Crippen molar-refractivity contribution in [3.8, 4) is 0 Å². The third kappa shape index (κ3) is 2.54. The zero-order chi connectivity index (χ0) is 11.0. The molecule has 0 aromatic heterocycles. The highest BCUT2D eigenvalue weighted by atomic mass is 19.4. The minimum Gasteiger partial charge on any atom is -0.171 e. The van der Waals surface area contributed by atoms with Crippen LogP contribution in [-0.4, -0.2) is 12.4 Å². The molecule has 14 heavy (non-hydrogen) atoms. The van der Waals surface area contributed by atoms with Gasteiger partial charge in [-0.15, -0.1) is 0 Å². The van der Waals surface area contributed by atoms with Crippen LogP contribution < -0.4 is 0 Å². The van der Waals surface area contributed by atoms with Gasteiger partial charge in [0, 0.05) is 0 Å². The molecule has 0 bridgehead atoms. The Morgan fingerprint density at radius 2 is 0.929 bits per heavy atom. The molecule has 0 unspecified atom stereocenters. The maximum atomic E-state index is 12.2. The fourth-order valence-electron chi connectivity index (χ4n) is 1.91. The molecule has 0 aromatic carbocycles. The van der Waals surface area contributed by atoms with E-state index in [1.165, 1.54) is 0 Å². The fourth-order valence-corrected chi connectivity index (χ4v) is 1.91. The quantitative estimate of drug-likeness (QED) is 0.543. The van der Waals surface area contributed by atoms with Crippen LogP contribution in [-0.2, 0) is 0 Å². The Morgan fingerprint density at radius 1 is 0.643 bits per heavy atom. The summed E-state index contributed by atoms with van der Waals surface area (Å²) in [6.07, 6.45) is -9.77. The van der Waals surface area contributed by atoms with Crippen molar-refractivity contribution < 1.29 is 26.3 Å². The summed E-state index contributed by atoms with van der Waals surface area (Å²) in [4.78, 5) is 0. The molecule has 0 aliphatic heterocycles. The van der Waals surface area contributed by atoms with Crippen molar-refractivity contribution in [1.82, 2.24) is 0 Å². The molecule has 1 saturated carbocycles. The predicted octanol–water partition coefficient (Wildman–Crippen LogP) is 3.92. The molecule has 6 heteroatoms. The van der Waals surface area contributed by atoms with Crippen LogP contribution in [0.5, 0.6) is 0 Å². The summed E-state index contributed by atoms with van der Waals surface area (Å²) >= 11 is 0. The number of halogens is 6. The van der Waals surface area contributed by atoms with Gasteiger partial charge in [0.1, 0.15) is 0 Å². The second kappa shape index (κ2) is 3.62. The van der Waals surface area contributed by atoms with Gasteiger partial charge in [0.25, 0.3) is 0 Å². The minimum absolute atomic E-state index is 0.233. The lowest BCUT2D eigenvalue weighted by atomic mass is 9.78. The summed E-state index contributed by atoms with van der Waals surface area (Å²) in [5.74, 6) is -4.40. The molecule has 0 N–H and O–H groups in total. The first-order chi connectivity index (χ1) is 6.23. The number of hydrogen-bond donors (Lipinski definition) is 0. The Balaban J connectivity index is 2.80. The normalized spacial score (nSPS) is 30.4. The monoisotopic (exact) mass is 220 g/mol. The van der Waals surface area contributed by atoms with E-state index in [-0.39, 0.29) is 12.8 Å². The van der Waals surface area contributed by atoms with Crippen LogP contribution in [0, 0.1) is 11.8 Å². The molecule has 0 saturated heterocycles. The van der Waals surface area contributed by atoms with Gasteiger partial charge >= 0.3 is 12.4 Å². The Labute approximate surface area is 77.3 Å². The van der Waals surface area contributed by atoms with Gasteiger partial charge in [0.2, 0.25) is 0 Å². The highest BCUT2D eigenvalue weighted by Crippen LogP contribution is 2.48. The first kappa shape index (κ1) is 11.7. The number of alkyl halides is 6. The van der Waals surface area contributed by atoms with E-state index in [2.05, 4.69) is 0 Å². The molecule has 0 radical (unpaired) electrons. The van der Waals surface area contributed by atoms with Gasteiger partial charge < -0.3 is 0 Å². The van der Waals surface area contributed by atoms with E-state index in [4.69, 9.17) is 0 Å². The topological polar surface area (TPSA) is 0 Å². The number of rotatable bonds is 0. The summed E-state index contributed by atoms with van der Waals surface area (Å²) < 4.78 is 73.3. The van der Waals surface area contributed by atoms with E-state index >= 15 is 0 Å². The van der Waals surface area contributed by atoms with Crippen LogP contribution in [0.25, 0.3) is 0 Å². The Kier molecular flexibility index (Phi) is 3.02. The first-order valence-corrected chi connectivity index (χ1v) is 4.36. The van der Waals surface area contributed by atoms with E-state index in [0.29, 0.717) is 0 Å². The van der Waals surface area contributed by atoms with Gasteiger partial charge in [-0.25, -0.2) is 0 Å². The molecular formula is C8H10F6. The standard InChI is InChI=1S/C8H10F6/c9-7(10,11)5-3-1-2-4-6(5)8(12,13)14/h5-6H,1-4H2/t5-,6-/m1/s1. The molecule has 0 amide bonds. The lowest BCUT2D eigenvalue weighted by Crippen LogP contribution is -2.40. The summed E-state index contributed by atoms with van der Waals surface area (Å²) in [7, 11) is 0. The zero-order valence-corrected chi connectivity index (χ0v) is 7.25. The van der Waals surface area contributed by atoms with Crippen LogP contribution in [0.4, 0.5) is 26.3 Å². The van der Waals surface area contributed by atoms with Crippen LogP contribution in [0.2, 0.25) is 0 Å². The average Bonchev–Trinajstić information content (AvgIpc) is 2.01. The average molecular weight is 220 g/mol.